The second-order valence-corrected chi connectivity index (χ2v) is 5.59. The summed E-state index contributed by atoms with van der Waals surface area (Å²) in [6.45, 7) is 2.41. The first-order valence-electron chi connectivity index (χ1n) is 7.48. The molecule has 1 saturated carbocycles. The molecule has 0 atom stereocenters. The zero-order chi connectivity index (χ0) is 15.4. The summed E-state index contributed by atoms with van der Waals surface area (Å²) in [6.07, 6.45) is 3.97. The molecule has 5 nitrogen and oxygen atoms in total. The Hall–Kier alpha value is -2.43. The molecular weight excluding hydrogens is 278 g/mol. The van der Waals surface area contributed by atoms with Gasteiger partial charge in [0.1, 0.15) is 12.1 Å². The maximum absolute atomic E-state index is 11.8. The van der Waals surface area contributed by atoms with Crippen LogP contribution in [-0.4, -0.2) is 22.5 Å². The monoisotopic (exact) mass is 297 g/mol. The fourth-order valence-electron chi connectivity index (χ4n) is 2.14. The van der Waals surface area contributed by atoms with E-state index in [0.717, 1.165) is 17.0 Å². The molecule has 1 aromatic heterocycles. The fourth-order valence-corrected chi connectivity index (χ4v) is 2.14. The van der Waals surface area contributed by atoms with Gasteiger partial charge in [0.2, 0.25) is 0 Å². The molecule has 1 fully saturated rings. The molecule has 1 aliphatic carbocycles. The van der Waals surface area contributed by atoms with Gasteiger partial charge in [-0.25, -0.2) is 9.97 Å². The first-order chi connectivity index (χ1) is 10.7. The van der Waals surface area contributed by atoms with Crippen LogP contribution in [0.3, 0.4) is 0 Å². The molecule has 1 N–H and O–H groups in total. The summed E-state index contributed by atoms with van der Waals surface area (Å²) in [5, 5.41) is 2.81. The SMILES string of the molecule is Cc1ccc(OCC(=O)NCc2cc(C3CC3)ncn2)cc1. The summed E-state index contributed by atoms with van der Waals surface area (Å²) in [5.74, 6) is 1.12. The van der Waals surface area contributed by atoms with E-state index in [1.54, 1.807) is 6.33 Å². The summed E-state index contributed by atoms with van der Waals surface area (Å²) in [7, 11) is 0. The van der Waals surface area contributed by atoms with Gasteiger partial charge in [-0.15, -0.1) is 0 Å². The van der Waals surface area contributed by atoms with Crippen LogP contribution in [-0.2, 0) is 11.3 Å². The van der Waals surface area contributed by atoms with E-state index in [-0.39, 0.29) is 12.5 Å². The number of aromatic nitrogens is 2. The average molecular weight is 297 g/mol. The predicted molar refractivity (Wildman–Crippen MR) is 82.5 cm³/mol. The molecule has 5 heteroatoms. The number of benzene rings is 1. The third-order valence-corrected chi connectivity index (χ3v) is 3.60. The minimum atomic E-state index is -0.160. The van der Waals surface area contributed by atoms with Crippen molar-refractivity contribution < 1.29 is 9.53 Å². The Bertz CT molecular complexity index is 651. The number of rotatable bonds is 6. The molecule has 0 unspecified atom stereocenters. The van der Waals surface area contributed by atoms with E-state index in [9.17, 15) is 4.79 Å². The second-order valence-electron chi connectivity index (χ2n) is 5.59. The van der Waals surface area contributed by atoms with Gasteiger partial charge < -0.3 is 10.1 Å². The van der Waals surface area contributed by atoms with Crippen LogP contribution in [0.25, 0.3) is 0 Å². The van der Waals surface area contributed by atoms with Gasteiger partial charge in [-0.1, -0.05) is 17.7 Å². The van der Waals surface area contributed by atoms with Crippen molar-refractivity contribution in [3.05, 3.63) is 53.6 Å². The highest BCUT2D eigenvalue weighted by atomic mass is 16.5. The lowest BCUT2D eigenvalue weighted by Gasteiger charge is -2.08. The van der Waals surface area contributed by atoms with Gasteiger partial charge in [0.25, 0.3) is 5.91 Å². The van der Waals surface area contributed by atoms with Crippen LogP contribution in [0.4, 0.5) is 0 Å². The molecule has 1 aliphatic rings. The number of ether oxygens (including phenoxy) is 1. The molecule has 3 rings (SSSR count). The number of hydrogen-bond acceptors (Lipinski definition) is 4. The smallest absolute Gasteiger partial charge is 0.258 e. The quantitative estimate of drug-likeness (QED) is 0.889. The molecule has 0 bridgehead atoms. The molecule has 0 spiro atoms. The van der Waals surface area contributed by atoms with E-state index in [2.05, 4.69) is 15.3 Å². The van der Waals surface area contributed by atoms with Crippen LogP contribution in [0, 0.1) is 6.92 Å². The number of carbonyl (C=O) groups excluding carboxylic acids is 1. The predicted octanol–water partition coefficient (Wildman–Crippen LogP) is 2.36. The standard InChI is InChI=1S/C17H19N3O2/c1-12-2-6-15(7-3-12)22-10-17(21)18-9-14-8-16(13-4-5-13)20-11-19-14/h2-3,6-8,11,13H,4-5,9-10H2,1H3,(H,18,21). The number of nitrogens with one attached hydrogen (secondary N) is 1. The van der Waals surface area contributed by atoms with E-state index in [0.29, 0.717) is 18.2 Å². The average Bonchev–Trinajstić information content (AvgIpc) is 3.37. The number of amides is 1. The third-order valence-electron chi connectivity index (χ3n) is 3.60. The van der Waals surface area contributed by atoms with Crippen LogP contribution in [0.15, 0.2) is 36.7 Å². The minimum Gasteiger partial charge on any atom is -0.484 e. The Kier molecular flexibility index (Phi) is 4.32. The third kappa shape index (κ3) is 4.04. The largest absolute Gasteiger partial charge is 0.484 e. The molecule has 0 radical (unpaired) electrons. The second kappa shape index (κ2) is 6.56. The van der Waals surface area contributed by atoms with Gasteiger partial charge in [-0.05, 0) is 38.0 Å². The zero-order valence-corrected chi connectivity index (χ0v) is 12.6. The summed E-state index contributed by atoms with van der Waals surface area (Å²) in [5.41, 5.74) is 3.07. The van der Waals surface area contributed by atoms with Crippen LogP contribution >= 0.6 is 0 Å². The number of aryl methyl sites for hydroxylation is 1. The van der Waals surface area contributed by atoms with Crippen molar-refractivity contribution in [1.82, 2.24) is 15.3 Å². The molecule has 1 aromatic carbocycles. The Morgan fingerprint density at radius 3 is 2.77 bits per heavy atom. The minimum absolute atomic E-state index is 0.00360. The molecule has 0 saturated heterocycles. The summed E-state index contributed by atoms with van der Waals surface area (Å²) < 4.78 is 5.44. The Morgan fingerprint density at radius 1 is 1.27 bits per heavy atom. The molecular formula is C17H19N3O2. The van der Waals surface area contributed by atoms with E-state index in [1.165, 1.54) is 12.8 Å². The maximum atomic E-state index is 11.8. The highest BCUT2D eigenvalue weighted by Gasteiger charge is 2.25. The molecule has 1 heterocycles. The van der Waals surface area contributed by atoms with Crippen molar-refractivity contribution >= 4 is 5.91 Å². The van der Waals surface area contributed by atoms with E-state index >= 15 is 0 Å². The number of carbonyl (C=O) groups is 1. The van der Waals surface area contributed by atoms with Gasteiger partial charge in [-0.3, -0.25) is 4.79 Å². The topological polar surface area (TPSA) is 64.1 Å². The highest BCUT2D eigenvalue weighted by molar-refractivity contribution is 5.77. The van der Waals surface area contributed by atoms with Crippen molar-refractivity contribution in [2.45, 2.75) is 32.2 Å². The molecule has 22 heavy (non-hydrogen) atoms. The fraction of sp³-hybridized carbons (Fsp3) is 0.353. The van der Waals surface area contributed by atoms with E-state index < -0.39 is 0 Å². The molecule has 2 aromatic rings. The molecule has 1 amide bonds. The summed E-state index contributed by atoms with van der Waals surface area (Å²) in [6, 6.07) is 9.59. The number of nitrogens with zero attached hydrogens (tertiary/aromatic N) is 2. The summed E-state index contributed by atoms with van der Waals surface area (Å²) >= 11 is 0. The Balaban J connectivity index is 1.45. The van der Waals surface area contributed by atoms with Crippen LogP contribution in [0.5, 0.6) is 5.75 Å². The van der Waals surface area contributed by atoms with E-state index in [1.807, 2.05) is 37.3 Å². The van der Waals surface area contributed by atoms with Gasteiger partial charge in [0.15, 0.2) is 6.61 Å². The first-order valence-corrected chi connectivity index (χ1v) is 7.48. The highest BCUT2D eigenvalue weighted by Crippen LogP contribution is 2.38. The van der Waals surface area contributed by atoms with Crippen molar-refractivity contribution in [3.8, 4) is 5.75 Å². The first kappa shape index (κ1) is 14.5. The lowest BCUT2D eigenvalue weighted by atomic mass is 10.2. The van der Waals surface area contributed by atoms with E-state index in [4.69, 9.17) is 4.74 Å². The Morgan fingerprint density at radius 2 is 2.05 bits per heavy atom. The van der Waals surface area contributed by atoms with Gasteiger partial charge in [-0.2, -0.15) is 0 Å². The molecule has 0 aliphatic heterocycles. The van der Waals surface area contributed by atoms with Crippen molar-refractivity contribution in [2.24, 2.45) is 0 Å². The van der Waals surface area contributed by atoms with Crippen molar-refractivity contribution in [1.29, 1.82) is 0 Å². The maximum Gasteiger partial charge on any atom is 0.258 e. The summed E-state index contributed by atoms with van der Waals surface area (Å²) in [4.78, 5) is 20.3. The van der Waals surface area contributed by atoms with Gasteiger partial charge in [0.05, 0.1) is 12.2 Å². The van der Waals surface area contributed by atoms with Crippen LogP contribution in [0.1, 0.15) is 35.7 Å². The lowest BCUT2D eigenvalue weighted by Crippen LogP contribution is -2.28. The Labute approximate surface area is 129 Å². The van der Waals surface area contributed by atoms with Crippen molar-refractivity contribution in [2.75, 3.05) is 6.61 Å². The molecule has 114 valence electrons. The van der Waals surface area contributed by atoms with Crippen LogP contribution < -0.4 is 10.1 Å². The zero-order valence-electron chi connectivity index (χ0n) is 12.6. The number of hydrogen-bond donors (Lipinski definition) is 1. The van der Waals surface area contributed by atoms with Gasteiger partial charge >= 0.3 is 0 Å². The lowest BCUT2D eigenvalue weighted by molar-refractivity contribution is -0.123. The van der Waals surface area contributed by atoms with Crippen molar-refractivity contribution in [3.63, 3.8) is 0 Å². The van der Waals surface area contributed by atoms with Crippen LogP contribution in [0.2, 0.25) is 0 Å². The normalized spacial score (nSPS) is 13.7. The van der Waals surface area contributed by atoms with Gasteiger partial charge in [0, 0.05) is 11.6 Å².